The van der Waals surface area contributed by atoms with E-state index in [1.165, 1.54) is 6.26 Å². The van der Waals surface area contributed by atoms with Crippen molar-refractivity contribution in [3.05, 3.63) is 72.3 Å². The van der Waals surface area contributed by atoms with Gasteiger partial charge < -0.3 is 4.52 Å². The standard InChI is InChI=1S/C4H4S.C3H4N2.C3H3NO.C2H3N3/c4*1-2-4-5-3-1/h1-4H;1-3H,(H,4,5);1-3H;1-2H,(H,3,4,5). The fourth-order valence-corrected chi connectivity index (χ4v) is 1.24. The highest BCUT2D eigenvalue weighted by Gasteiger charge is 1.60. The summed E-state index contributed by atoms with van der Waals surface area (Å²) < 4.78 is 4.33. The van der Waals surface area contributed by atoms with Gasteiger partial charge in [-0.25, -0.2) is 0 Å². The minimum absolute atomic E-state index is 1.51. The van der Waals surface area contributed by atoms with E-state index >= 15 is 0 Å². The summed E-state index contributed by atoms with van der Waals surface area (Å²) in [4.78, 5) is 0. The van der Waals surface area contributed by atoms with E-state index in [2.05, 4.69) is 35.3 Å². The third kappa shape index (κ3) is 10.4. The topological polar surface area (TPSA) is 96.3 Å². The number of nitrogens with zero attached hydrogens (tertiary/aromatic N) is 4. The van der Waals surface area contributed by atoms with Crippen molar-refractivity contribution >= 4 is 11.3 Å². The minimum Gasteiger partial charge on any atom is -0.365 e. The Kier molecular flexibility index (Phi) is 9.73. The first-order valence-corrected chi connectivity index (χ1v) is 6.49. The minimum atomic E-state index is 1.51. The zero-order valence-corrected chi connectivity index (χ0v) is 11.4. The van der Waals surface area contributed by atoms with Gasteiger partial charge in [0.1, 0.15) is 6.26 Å². The van der Waals surface area contributed by atoms with Crippen LogP contribution in [0, 0.1) is 0 Å². The van der Waals surface area contributed by atoms with Crippen LogP contribution in [0.4, 0.5) is 0 Å². The number of aromatic amines is 2. The molecule has 0 radical (unpaired) electrons. The summed E-state index contributed by atoms with van der Waals surface area (Å²) in [5.74, 6) is 0. The summed E-state index contributed by atoms with van der Waals surface area (Å²) >= 11 is 1.71. The van der Waals surface area contributed by atoms with Crippen molar-refractivity contribution < 1.29 is 4.52 Å². The Morgan fingerprint density at radius 2 is 1.60 bits per heavy atom. The third-order valence-electron chi connectivity index (χ3n) is 1.51. The van der Waals surface area contributed by atoms with Gasteiger partial charge >= 0.3 is 0 Å². The second-order valence-corrected chi connectivity index (χ2v) is 3.72. The lowest BCUT2D eigenvalue weighted by atomic mass is 10.7. The predicted octanol–water partition coefficient (Wildman–Crippen LogP) is 2.64. The molecule has 7 nitrogen and oxygen atoms in total. The Morgan fingerprint density at radius 3 is 1.80 bits per heavy atom. The van der Waals surface area contributed by atoms with Gasteiger partial charge in [-0.1, -0.05) is 17.3 Å². The van der Waals surface area contributed by atoms with E-state index in [0.29, 0.717) is 0 Å². The van der Waals surface area contributed by atoms with Crippen LogP contribution in [0.3, 0.4) is 0 Å². The zero-order chi connectivity index (χ0) is 14.1. The Bertz CT molecular complexity index is 359. The van der Waals surface area contributed by atoms with E-state index in [9.17, 15) is 0 Å². The van der Waals surface area contributed by atoms with Crippen LogP contribution in [-0.2, 0) is 0 Å². The molecule has 4 heterocycles. The summed E-state index contributed by atoms with van der Waals surface area (Å²) in [5.41, 5.74) is 0. The number of nitrogens with one attached hydrogen (secondary N) is 2. The molecule has 0 bridgehead atoms. The Labute approximate surface area is 119 Å². The maximum atomic E-state index is 4.33. The maximum absolute atomic E-state index is 4.33. The van der Waals surface area contributed by atoms with Crippen molar-refractivity contribution in [2.75, 3.05) is 0 Å². The van der Waals surface area contributed by atoms with Crippen LogP contribution in [0.15, 0.2) is 76.8 Å². The number of rotatable bonds is 0. The second-order valence-electron chi connectivity index (χ2n) is 2.90. The molecule has 0 aliphatic carbocycles. The highest BCUT2D eigenvalue weighted by molar-refractivity contribution is 7.07. The van der Waals surface area contributed by atoms with Crippen molar-refractivity contribution in [1.82, 2.24) is 30.8 Å². The molecule has 0 spiro atoms. The van der Waals surface area contributed by atoms with Gasteiger partial charge in [-0.05, 0) is 22.9 Å². The van der Waals surface area contributed by atoms with Crippen LogP contribution in [0.5, 0.6) is 0 Å². The molecule has 0 saturated heterocycles. The molecular formula is C12H14N6OS. The Morgan fingerprint density at radius 1 is 0.800 bits per heavy atom. The highest BCUT2D eigenvalue weighted by Crippen LogP contribution is 1.91. The second kappa shape index (κ2) is 12.7. The summed E-state index contributed by atoms with van der Waals surface area (Å²) in [5, 5.41) is 23.0. The quantitative estimate of drug-likeness (QED) is 0.519. The van der Waals surface area contributed by atoms with Crippen molar-refractivity contribution in [2.24, 2.45) is 0 Å². The van der Waals surface area contributed by atoms with Gasteiger partial charge in [0, 0.05) is 12.4 Å². The molecule has 4 aromatic heterocycles. The molecule has 0 amide bonds. The Hall–Kier alpha value is -2.74. The summed E-state index contributed by atoms with van der Waals surface area (Å²) in [7, 11) is 0. The van der Waals surface area contributed by atoms with Crippen molar-refractivity contribution in [1.29, 1.82) is 0 Å². The van der Waals surface area contributed by atoms with Gasteiger partial charge in [-0.15, -0.1) is 0 Å². The first-order valence-electron chi connectivity index (χ1n) is 5.55. The average Bonchev–Trinajstić information content (AvgIpc) is 3.40. The molecule has 0 aliphatic heterocycles. The van der Waals surface area contributed by atoms with Gasteiger partial charge in [0.05, 0.1) is 18.6 Å². The normalized spacial score (nSPS) is 8.00. The molecule has 4 aromatic rings. The van der Waals surface area contributed by atoms with Crippen LogP contribution >= 0.6 is 11.3 Å². The van der Waals surface area contributed by atoms with E-state index in [1.807, 2.05) is 29.0 Å². The number of H-pyrrole nitrogens is 2. The fraction of sp³-hybridized carbons (Fsp3) is 0. The number of thiophene rings is 1. The van der Waals surface area contributed by atoms with E-state index in [1.54, 1.807) is 48.4 Å². The van der Waals surface area contributed by atoms with E-state index in [-0.39, 0.29) is 0 Å². The molecule has 2 N–H and O–H groups in total. The fourth-order valence-electron chi connectivity index (χ4n) is 0.784. The molecule has 8 heteroatoms. The first kappa shape index (κ1) is 15.3. The van der Waals surface area contributed by atoms with Gasteiger partial charge in [-0.3, -0.25) is 5.10 Å². The molecule has 4 rings (SSSR count). The van der Waals surface area contributed by atoms with Crippen LogP contribution in [-0.4, -0.2) is 30.8 Å². The number of hydrogen-bond acceptors (Lipinski definition) is 6. The van der Waals surface area contributed by atoms with Crippen LogP contribution in [0.2, 0.25) is 0 Å². The molecule has 104 valence electrons. The summed E-state index contributed by atoms with van der Waals surface area (Å²) in [6.45, 7) is 0. The lowest BCUT2D eigenvalue weighted by Crippen LogP contribution is -1.61. The van der Waals surface area contributed by atoms with Crippen LogP contribution in [0.1, 0.15) is 0 Å². The molecule has 0 aliphatic rings. The molecular weight excluding hydrogens is 276 g/mol. The van der Waals surface area contributed by atoms with E-state index < -0.39 is 0 Å². The lowest BCUT2D eigenvalue weighted by Gasteiger charge is -1.49. The molecule has 0 unspecified atom stereocenters. The molecule has 0 atom stereocenters. The zero-order valence-electron chi connectivity index (χ0n) is 10.5. The van der Waals surface area contributed by atoms with Crippen LogP contribution < -0.4 is 0 Å². The molecule has 0 saturated carbocycles. The van der Waals surface area contributed by atoms with Gasteiger partial charge in [0.25, 0.3) is 0 Å². The summed E-state index contributed by atoms with van der Waals surface area (Å²) in [6.07, 6.45) is 9.72. The third-order valence-corrected chi connectivity index (χ3v) is 2.14. The SMILES string of the molecule is c1ccsc1.c1cn[nH]c1.c1cn[nH]n1.c1cnoc1. The lowest BCUT2D eigenvalue weighted by molar-refractivity contribution is 0.420. The average molecular weight is 290 g/mol. The number of hydrogen-bond donors (Lipinski definition) is 2. The monoisotopic (exact) mass is 290 g/mol. The molecule has 20 heavy (non-hydrogen) atoms. The Balaban J connectivity index is 0.000000133. The van der Waals surface area contributed by atoms with Gasteiger partial charge in [0.2, 0.25) is 0 Å². The molecule has 0 aromatic carbocycles. The van der Waals surface area contributed by atoms with Gasteiger partial charge in [-0.2, -0.15) is 31.8 Å². The van der Waals surface area contributed by atoms with Gasteiger partial charge in [0.15, 0.2) is 0 Å². The predicted molar refractivity (Wildman–Crippen MR) is 75.8 cm³/mol. The maximum Gasteiger partial charge on any atom is 0.123 e. The molecule has 0 fully saturated rings. The number of aromatic nitrogens is 6. The largest absolute Gasteiger partial charge is 0.365 e. The van der Waals surface area contributed by atoms with Crippen LogP contribution in [0.25, 0.3) is 0 Å². The highest BCUT2D eigenvalue weighted by atomic mass is 32.1. The smallest absolute Gasteiger partial charge is 0.123 e. The van der Waals surface area contributed by atoms with E-state index in [4.69, 9.17) is 0 Å². The first-order chi connectivity index (χ1) is 10.0. The van der Waals surface area contributed by atoms with Crippen molar-refractivity contribution in [3.8, 4) is 0 Å². The van der Waals surface area contributed by atoms with Crippen molar-refractivity contribution in [3.63, 3.8) is 0 Å². The summed E-state index contributed by atoms with van der Waals surface area (Å²) in [6, 6.07) is 7.59. The van der Waals surface area contributed by atoms with E-state index in [0.717, 1.165) is 0 Å². The van der Waals surface area contributed by atoms with Crippen molar-refractivity contribution in [2.45, 2.75) is 0 Å².